The molecular weight excluding hydrogens is 260 g/mol. The smallest absolute Gasteiger partial charge is 0.254 e. The Hall–Kier alpha value is -2.29. The van der Waals surface area contributed by atoms with Crippen LogP contribution in [0.15, 0.2) is 42.5 Å². The predicted octanol–water partition coefficient (Wildman–Crippen LogP) is 2.82. The van der Waals surface area contributed by atoms with Gasteiger partial charge >= 0.3 is 0 Å². The molecule has 2 aromatic carbocycles. The highest BCUT2D eigenvalue weighted by atomic mass is 16.2. The Balaban J connectivity index is 1.82. The predicted molar refractivity (Wildman–Crippen MR) is 85.3 cm³/mol. The summed E-state index contributed by atoms with van der Waals surface area (Å²) >= 11 is 0. The fourth-order valence-corrected chi connectivity index (χ4v) is 3.04. The maximum Gasteiger partial charge on any atom is 0.254 e. The molecule has 0 spiro atoms. The first-order valence-corrected chi connectivity index (χ1v) is 7.26. The van der Waals surface area contributed by atoms with E-state index in [0.29, 0.717) is 11.3 Å². The van der Waals surface area contributed by atoms with Gasteiger partial charge in [-0.3, -0.25) is 4.79 Å². The number of nitrogen functional groups attached to an aromatic ring is 1. The van der Waals surface area contributed by atoms with E-state index >= 15 is 0 Å². The Morgan fingerprint density at radius 3 is 2.38 bits per heavy atom. The molecular formula is C18H20N2O. The molecule has 0 saturated carbocycles. The molecule has 2 aromatic rings. The van der Waals surface area contributed by atoms with E-state index in [0.717, 1.165) is 18.4 Å². The zero-order chi connectivity index (χ0) is 15.0. The van der Waals surface area contributed by atoms with Gasteiger partial charge in [0, 0.05) is 24.3 Å². The van der Waals surface area contributed by atoms with Gasteiger partial charge in [-0.1, -0.05) is 30.3 Å². The van der Waals surface area contributed by atoms with E-state index in [2.05, 4.69) is 24.3 Å². The summed E-state index contributed by atoms with van der Waals surface area (Å²) in [5, 5.41) is 0. The quantitative estimate of drug-likeness (QED) is 0.860. The number of hydrogen-bond acceptors (Lipinski definition) is 2. The normalized spacial score (nSPS) is 14.0. The van der Waals surface area contributed by atoms with Crippen molar-refractivity contribution in [2.75, 3.05) is 12.8 Å². The van der Waals surface area contributed by atoms with Crippen LogP contribution in [0.5, 0.6) is 0 Å². The molecule has 0 saturated heterocycles. The second kappa shape index (κ2) is 5.24. The van der Waals surface area contributed by atoms with Crippen molar-refractivity contribution in [2.45, 2.75) is 25.8 Å². The van der Waals surface area contributed by atoms with Crippen molar-refractivity contribution < 1.29 is 4.79 Å². The molecule has 0 atom stereocenters. The average Bonchev–Trinajstić information content (AvgIpc) is 2.92. The minimum absolute atomic E-state index is 0.0533. The number of carbonyl (C=O) groups is 1. The third-order valence-corrected chi connectivity index (χ3v) is 4.39. The van der Waals surface area contributed by atoms with Gasteiger partial charge in [0.15, 0.2) is 0 Å². The van der Waals surface area contributed by atoms with Crippen LogP contribution in [0.25, 0.3) is 0 Å². The Labute approximate surface area is 125 Å². The van der Waals surface area contributed by atoms with Crippen LogP contribution in [-0.4, -0.2) is 23.9 Å². The Kier molecular flexibility index (Phi) is 3.42. The molecule has 3 rings (SSSR count). The molecule has 0 radical (unpaired) electrons. The lowest BCUT2D eigenvalue weighted by Crippen LogP contribution is -2.38. The molecule has 108 valence electrons. The second-order valence-electron chi connectivity index (χ2n) is 5.82. The van der Waals surface area contributed by atoms with Crippen LogP contribution in [0, 0.1) is 6.92 Å². The van der Waals surface area contributed by atoms with Gasteiger partial charge in [0.1, 0.15) is 0 Å². The van der Waals surface area contributed by atoms with Crippen molar-refractivity contribution in [1.82, 2.24) is 4.90 Å². The standard InChI is InChI=1S/C18H20N2O/c1-12-7-8-15(19)11-17(12)18(21)20(2)16-9-13-5-3-4-6-14(13)10-16/h3-8,11,16H,9-10,19H2,1-2H3. The number of aryl methyl sites for hydroxylation is 1. The van der Waals surface area contributed by atoms with Crippen molar-refractivity contribution in [2.24, 2.45) is 0 Å². The summed E-state index contributed by atoms with van der Waals surface area (Å²) < 4.78 is 0. The van der Waals surface area contributed by atoms with E-state index in [-0.39, 0.29) is 11.9 Å². The summed E-state index contributed by atoms with van der Waals surface area (Å²) in [6, 6.07) is 14.2. The molecule has 0 aliphatic heterocycles. The fourth-order valence-electron chi connectivity index (χ4n) is 3.04. The van der Waals surface area contributed by atoms with Gasteiger partial charge in [0.2, 0.25) is 0 Å². The monoisotopic (exact) mass is 280 g/mol. The molecule has 1 aliphatic rings. The Morgan fingerprint density at radius 1 is 1.14 bits per heavy atom. The molecule has 21 heavy (non-hydrogen) atoms. The lowest BCUT2D eigenvalue weighted by molar-refractivity contribution is 0.0737. The van der Waals surface area contributed by atoms with Gasteiger partial charge < -0.3 is 10.6 Å². The van der Waals surface area contributed by atoms with Crippen molar-refractivity contribution >= 4 is 11.6 Å². The summed E-state index contributed by atoms with van der Waals surface area (Å²) in [5.41, 5.74) is 10.8. The summed E-state index contributed by atoms with van der Waals surface area (Å²) in [5.74, 6) is 0.0533. The Bertz CT molecular complexity index is 668. The SMILES string of the molecule is Cc1ccc(N)cc1C(=O)N(C)C1Cc2ccccc2C1. The lowest BCUT2D eigenvalue weighted by atomic mass is 10.1. The first-order chi connectivity index (χ1) is 10.1. The van der Waals surface area contributed by atoms with Gasteiger partial charge in [-0.15, -0.1) is 0 Å². The van der Waals surface area contributed by atoms with E-state index in [9.17, 15) is 4.79 Å². The number of benzene rings is 2. The van der Waals surface area contributed by atoms with Crippen molar-refractivity contribution in [3.8, 4) is 0 Å². The summed E-state index contributed by atoms with van der Waals surface area (Å²) in [4.78, 5) is 14.6. The van der Waals surface area contributed by atoms with E-state index in [1.54, 1.807) is 6.07 Å². The molecule has 3 heteroatoms. The number of anilines is 1. The molecule has 0 unspecified atom stereocenters. The highest BCUT2D eigenvalue weighted by Crippen LogP contribution is 2.26. The first-order valence-electron chi connectivity index (χ1n) is 7.26. The maximum absolute atomic E-state index is 12.7. The number of amides is 1. The van der Waals surface area contributed by atoms with E-state index < -0.39 is 0 Å². The zero-order valence-corrected chi connectivity index (χ0v) is 12.5. The van der Waals surface area contributed by atoms with Crippen molar-refractivity contribution in [1.29, 1.82) is 0 Å². The topological polar surface area (TPSA) is 46.3 Å². The number of nitrogens with two attached hydrogens (primary N) is 1. The van der Waals surface area contributed by atoms with Gasteiger partial charge in [0.25, 0.3) is 5.91 Å². The lowest BCUT2D eigenvalue weighted by Gasteiger charge is -2.25. The fraction of sp³-hybridized carbons (Fsp3) is 0.278. The highest BCUT2D eigenvalue weighted by Gasteiger charge is 2.28. The molecule has 0 aromatic heterocycles. The molecule has 1 aliphatic carbocycles. The molecule has 0 heterocycles. The van der Waals surface area contributed by atoms with E-state index in [4.69, 9.17) is 5.73 Å². The molecule has 3 nitrogen and oxygen atoms in total. The van der Waals surface area contributed by atoms with Crippen LogP contribution in [0.4, 0.5) is 5.69 Å². The molecule has 0 fully saturated rings. The van der Waals surface area contributed by atoms with Crippen LogP contribution >= 0.6 is 0 Å². The van der Waals surface area contributed by atoms with Crippen molar-refractivity contribution in [3.05, 3.63) is 64.7 Å². The zero-order valence-electron chi connectivity index (χ0n) is 12.5. The molecule has 1 amide bonds. The molecule has 2 N–H and O–H groups in total. The number of rotatable bonds is 2. The van der Waals surface area contributed by atoms with Gasteiger partial charge in [-0.05, 0) is 48.6 Å². The third kappa shape index (κ3) is 2.51. The number of fused-ring (bicyclic) bond motifs is 1. The summed E-state index contributed by atoms with van der Waals surface area (Å²) in [7, 11) is 1.89. The van der Waals surface area contributed by atoms with Crippen molar-refractivity contribution in [3.63, 3.8) is 0 Å². The average molecular weight is 280 g/mol. The number of carbonyl (C=O) groups excluding carboxylic acids is 1. The van der Waals surface area contributed by atoms with Crippen LogP contribution in [-0.2, 0) is 12.8 Å². The number of hydrogen-bond donors (Lipinski definition) is 1. The van der Waals surface area contributed by atoms with E-state index in [1.165, 1.54) is 11.1 Å². The maximum atomic E-state index is 12.7. The minimum atomic E-state index is 0.0533. The first kappa shape index (κ1) is 13.7. The van der Waals surface area contributed by atoms with Gasteiger partial charge in [-0.25, -0.2) is 0 Å². The summed E-state index contributed by atoms with van der Waals surface area (Å²) in [6.45, 7) is 1.95. The summed E-state index contributed by atoms with van der Waals surface area (Å²) in [6.07, 6.45) is 1.86. The highest BCUT2D eigenvalue weighted by molar-refractivity contribution is 5.96. The molecule has 0 bridgehead atoms. The Morgan fingerprint density at radius 2 is 1.76 bits per heavy atom. The number of likely N-dealkylation sites (N-methyl/N-ethyl adjacent to an activating group) is 1. The minimum Gasteiger partial charge on any atom is -0.399 e. The van der Waals surface area contributed by atoms with Crippen LogP contribution in [0.3, 0.4) is 0 Å². The van der Waals surface area contributed by atoms with Gasteiger partial charge in [-0.2, -0.15) is 0 Å². The van der Waals surface area contributed by atoms with E-state index in [1.807, 2.05) is 31.0 Å². The van der Waals surface area contributed by atoms with Gasteiger partial charge in [0.05, 0.1) is 0 Å². The van der Waals surface area contributed by atoms with Crippen LogP contribution in [0.1, 0.15) is 27.0 Å². The second-order valence-corrected chi connectivity index (χ2v) is 5.82. The van der Waals surface area contributed by atoms with Crippen LogP contribution in [0.2, 0.25) is 0 Å². The number of nitrogens with zero attached hydrogens (tertiary/aromatic N) is 1. The van der Waals surface area contributed by atoms with Crippen LogP contribution < -0.4 is 5.73 Å². The largest absolute Gasteiger partial charge is 0.399 e. The third-order valence-electron chi connectivity index (χ3n) is 4.39.